The number of carbonyl (C=O) groups is 2. The molecular formula is C33H28N4O4. The molecule has 0 aliphatic carbocycles. The monoisotopic (exact) mass is 544 g/mol. The summed E-state index contributed by atoms with van der Waals surface area (Å²) in [6.07, 6.45) is 0. The predicted molar refractivity (Wildman–Crippen MR) is 162 cm³/mol. The van der Waals surface area contributed by atoms with Gasteiger partial charge >= 0.3 is 0 Å². The Morgan fingerprint density at radius 3 is 1.63 bits per heavy atom. The second kappa shape index (κ2) is 12.4. The number of hydrogen-bond donors (Lipinski definition) is 4. The van der Waals surface area contributed by atoms with Crippen LogP contribution in [0.15, 0.2) is 121 Å². The van der Waals surface area contributed by atoms with Crippen LogP contribution in [-0.2, 0) is 0 Å². The number of ether oxygens (including phenoxy) is 2. The minimum Gasteiger partial charge on any atom is -0.457 e. The van der Waals surface area contributed by atoms with Gasteiger partial charge in [-0.1, -0.05) is 18.2 Å². The maximum atomic E-state index is 13.0. The van der Waals surface area contributed by atoms with Crippen LogP contribution in [0.3, 0.4) is 0 Å². The fraction of sp³-hybridized carbons (Fsp3) is 0.0303. The van der Waals surface area contributed by atoms with Crippen molar-refractivity contribution in [2.45, 2.75) is 0 Å². The Bertz CT molecular complexity index is 1670. The predicted octanol–water partition coefficient (Wildman–Crippen LogP) is 7.40. The number of benzene rings is 5. The number of hydrogen-bond acceptors (Lipinski definition) is 6. The molecule has 0 aliphatic rings. The van der Waals surface area contributed by atoms with Gasteiger partial charge in [0.2, 0.25) is 0 Å². The van der Waals surface area contributed by atoms with Gasteiger partial charge in [-0.15, -0.1) is 0 Å². The Labute approximate surface area is 237 Å². The number of anilines is 4. The van der Waals surface area contributed by atoms with Crippen LogP contribution in [0.4, 0.5) is 22.7 Å². The summed E-state index contributed by atoms with van der Waals surface area (Å²) >= 11 is 0. The van der Waals surface area contributed by atoms with Gasteiger partial charge in [0.1, 0.15) is 23.0 Å². The minimum absolute atomic E-state index is 0.344. The van der Waals surface area contributed by atoms with E-state index in [1.807, 2.05) is 49.5 Å². The molecule has 0 saturated heterocycles. The van der Waals surface area contributed by atoms with Crippen molar-refractivity contribution in [1.29, 1.82) is 0 Å². The van der Waals surface area contributed by atoms with E-state index in [0.29, 0.717) is 51.2 Å². The summed E-state index contributed by atoms with van der Waals surface area (Å²) in [4.78, 5) is 25.9. The molecule has 0 heterocycles. The van der Waals surface area contributed by atoms with Crippen molar-refractivity contribution >= 4 is 34.6 Å². The van der Waals surface area contributed by atoms with Crippen molar-refractivity contribution in [3.63, 3.8) is 0 Å². The number of nitrogens with two attached hydrogens (primary N) is 1. The molecule has 0 unspecified atom stereocenters. The maximum absolute atomic E-state index is 13.0. The zero-order valence-electron chi connectivity index (χ0n) is 22.3. The van der Waals surface area contributed by atoms with E-state index in [1.54, 1.807) is 78.9 Å². The van der Waals surface area contributed by atoms with Crippen LogP contribution >= 0.6 is 0 Å². The molecule has 5 aromatic carbocycles. The lowest BCUT2D eigenvalue weighted by Crippen LogP contribution is -2.15. The molecule has 5 aromatic rings. The van der Waals surface area contributed by atoms with E-state index in [2.05, 4.69) is 16.0 Å². The lowest BCUT2D eigenvalue weighted by Gasteiger charge is -2.11. The van der Waals surface area contributed by atoms with Gasteiger partial charge in [-0.05, 0) is 91.0 Å². The molecule has 5 rings (SSSR count). The quantitative estimate of drug-likeness (QED) is 0.144. The first-order valence-electron chi connectivity index (χ1n) is 12.9. The van der Waals surface area contributed by atoms with E-state index in [4.69, 9.17) is 15.2 Å². The molecule has 0 aromatic heterocycles. The van der Waals surface area contributed by atoms with Crippen molar-refractivity contribution in [2.24, 2.45) is 0 Å². The third-order valence-electron chi connectivity index (χ3n) is 6.06. The van der Waals surface area contributed by atoms with E-state index in [0.717, 1.165) is 5.69 Å². The van der Waals surface area contributed by atoms with Crippen molar-refractivity contribution in [2.75, 3.05) is 28.7 Å². The van der Waals surface area contributed by atoms with E-state index in [9.17, 15) is 9.59 Å². The van der Waals surface area contributed by atoms with Crippen molar-refractivity contribution in [1.82, 2.24) is 0 Å². The molecule has 0 fully saturated rings. The molecule has 2 amide bonds. The van der Waals surface area contributed by atoms with Gasteiger partial charge in [0.25, 0.3) is 11.8 Å². The average molecular weight is 545 g/mol. The standard InChI is InChI=1S/C33H28N4O4/c1-35-25-11-15-28(16-12-25)41-31-10-4-8-27(21-31)37-33(39)23-6-2-5-22(19-23)32(38)36-26-13-17-29(18-14-26)40-30-9-3-7-24(34)20-30/h2-21,35H,34H2,1H3,(H,36,38)(H,37,39). The van der Waals surface area contributed by atoms with Crippen LogP contribution in [0.5, 0.6) is 23.0 Å². The van der Waals surface area contributed by atoms with Gasteiger partial charge in [0, 0.05) is 53.1 Å². The molecule has 0 radical (unpaired) electrons. The largest absolute Gasteiger partial charge is 0.457 e. The lowest BCUT2D eigenvalue weighted by atomic mass is 10.1. The number of nitrogen functional groups attached to an aromatic ring is 1. The molecule has 0 aliphatic heterocycles. The van der Waals surface area contributed by atoms with Crippen LogP contribution in [0, 0.1) is 0 Å². The minimum atomic E-state index is -0.349. The van der Waals surface area contributed by atoms with Crippen molar-refractivity contribution < 1.29 is 19.1 Å². The summed E-state index contributed by atoms with van der Waals surface area (Å²) in [6.45, 7) is 0. The normalized spacial score (nSPS) is 10.4. The Kier molecular flexibility index (Phi) is 8.11. The molecular weight excluding hydrogens is 516 g/mol. The summed E-state index contributed by atoms with van der Waals surface area (Å²) in [5.41, 5.74) is 9.22. The molecule has 204 valence electrons. The molecule has 41 heavy (non-hydrogen) atoms. The van der Waals surface area contributed by atoms with Gasteiger partial charge in [-0.25, -0.2) is 0 Å². The molecule has 8 nitrogen and oxygen atoms in total. The molecule has 5 N–H and O–H groups in total. The SMILES string of the molecule is CNc1ccc(Oc2cccc(NC(=O)c3cccc(C(=O)Nc4ccc(Oc5cccc(N)c5)cc4)c3)c2)cc1. The lowest BCUT2D eigenvalue weighted by molar-refractivity contribution is 0.102. The second-order valence-electron chi connectivity index (χ2n) is 9.09. The molecule has 0 spiro atoms. The Hall–Kier alpha value is -5.76. The van der Waals surface area contributed by atoms with E-state index in [-0.39, 0.29) is 11.8 Å². The average Bonchev–Trinajstić information content (AvgIpc) is 2.99. The van der Waals surface area contributed by atoms with Crippen LogP contribution in [0.2, 0.25) is 0 Å². The fourth-order valence-electron chi connectivity index (χ4n) is 3.99. The van der Waals surface area contributed by atoms with Gasteiger partial charge in [-0.3, -0.25) is 9.59 Å². The van der Waals surface area contributed by atoms with Crippen molar-refractivity contribution in [3.05, 3.63) is 132 Å². The molecule has 0 saturated carbocycles. The molecule has 0 atom stereocenters. The van der Waals surface area contributed by atoms with Gasteiger partial charge < -0.3 is 31.2 Å². The third kappa shape index (κ3) is 7.21. The number of amides is 2. The Morgan fingerprint density at radius 2 is 1.05 bits per heavy atom. The van der Waals surface area contributed by atoms with E-state index >= 15 is 0 Å². The Balaban J connectivity index is 1.20. The highest BCUT2D eigenvalue weighted by Gasteiger charge is 2.12. The number of nitrogens with one attached hydrogen (secondary N) is 3. The maximum Gasteiger partial charge on any atom is 0.255 e. The van der Waals surface area contributed by atoms with Crippen molar-refractivity contribution in [3.8, 4) is 23.0 Å². The summed E-state index contributed by atoms with van der Waals surface area (Å²) in [7, 11) is 1.85. The van der Waals surface area contributed by atoms with Gasteiger partial charge in [0.15, 0.2) is 0 Å². The summed E-state index contributed by atoms with van der Waals surface area (Å²) in [5.74, 6) is 1.79. The molecule has 0 bridgehead atoms. The van der Waals surface area contributed by atoms with Crippen LogP contribution < -0.4 is 31.2 Å². The zero-order valence-corrected chi connectivity index (χ0v) is 22.3. The topological polar surface area (TPSA) is 115 Å². The fourth-order valence-corrected chi connectivity index (χ4v) is 3.99. The highest BCUT2D eigenvalue weighted by atomic mass is 16.5. The first-order chi connectivity index (χ1) is 19.9. The smallest absolute Gasteiger partial charge is 0.255 e. The zero-order chi connectivity index (χ0) is 28.6. The van der Waals surface area contributed by atoms with Gasteiger partial charge in [-0.2, -0.15) is 0 Å². The summed E-state index contributed by atoms with van der Waals surface area (Å²) in [6, 6.07) is 35.3. The highest BCUT2D eigenvalue weighted by Crippen LogP contribution is 2.27. The first kappa shape index (κ1) is 26.8. The number of carbonyl (C=O) groups excluding carboxylic acids is 2. The van der Waals surface area contributed by atoms with Gasteiger partial charge in [0.05, 0.1) is 0 Å². The van der Waals surface area contributed by atoms with E-state index < -0.39 is 0 Å². The van der Waals surface area contributed by atoms with Crippen LogP contribution in [-0.4, -0.2) is 18.9 Å². The second-order valence-corrected chi connectivity index (χ2v) is 9.09. The summed E-state index contributed by atoms with van der Waals surface area (Å²) in [5, 5.41) is 8.77. The van der Waals surface area contributed by atoms with Crippen LogP contribution in [0.1, 0.15) is 20.7 Å². The first-order valence-corrected chi connectivity index (χ1v) is 12.9. The van der Waals surface area contributed by atoms with E-state index in [1.165, 1.54) is 0 Å². The molecule has 8 heteroatoms. The van der Waals surface area contributed by atoms with Crippen LogP contribution in [0.25, 0.3) is 0 Å². The highest BCUT2D eigenvalue weighted by molar-refractivity contribution is 6.08. The Morgan fingerprint density at radius 1 is 0.537 bits per heavy atom. The number of rotatable bonds is 9. The third-order valence-corrected chi connectivity index (χ3v) is 6.06. The summed E-state index contributed by atoms with van der Waals surface area (Å²) < 4.78 is 11.7.